The number of rotatable bonds is 4. The molecule has 1 N–H and O–H groups in total. The molecule has 2 heterocycles. The minimum absolute atomic E-state index is 0.0587. The van der Waals surface area contributed by atoms with E-state index in [-0.39, 0.29) is 12.5 Å². The molecule has 1 aliphatic heterocycles. The van der Waals surface area contributed by atoms with Crippen LogP contribution in [0.5, 0.6) is 0 Å². The van der Waals surface area contributed by atoms with Crippen LogP contribution in [0.3, 0.4) is 0 Å². The van der Waals surface area contributed by atoms with Crippen LogP contribution in [0.2, 0.25) is 5.15 Å². The second kappa shape index (κ2) is 9.19. The van der Waals surface area contributed by atoms with Gasteiger partial charge in [0.05, 0.1) is 0 Å². The Morgan fingerprint density at radius 2 is 1.90 bits per heavy atom. The van der Waals surface area contributed by atoms with Crippen molar-refractivity contribution in [3.63, 3.8) is 0 Å². The van der Waals surface area contributed by atoms with E-state index in [0.29, 0.717) is 18.2 Å². The number of carbonyl (C=O) groups excluding carboxylic acids is 2. The molecule has 156 valence electrons. The van der Waals surface area contributed by atoms with Crippen LogP contribution in [-0.2, 0) is 9.53 Å². The van der Waals surface area contributed by atoms with Gasteiger partial charge in [0.15, 0.2) is 0 Å². The highest BCUT2D eigenvalue weighted by Gasteiger charge is 2.23. The second-order valence-corrected chi connectivity index (χ2v) is 9.21. The number of benzene rings is 1. The first kappa shape index (κ1) is 21.7. The van der Waals surface area contributed by atoms with Crippen LogP contribution in [0.25, 0.3) is 10.8 Å². The van der Waals surface area contributed by atoms with E-state index in [9.17, 15) is 9.59 Å². The smallest absolute Gasteiger partial charge is 0.408 e. The highest BCUT2D eigenvalue weighted by atomic mass is 35.5. The van der Waals surface area contributed by atoms with Crippen LogP contribution in [0.1, 0.15) is 20.8 Å². The average molecular weight is 437 g/mol. The molecule has 2 aromatic rings. The summed E-state index contributed by atoms with van der Waals surface area (Å²) in [5.41, 5.74) is -0.585. The third-order valence-corrected chi connectivity index (χ3v) is 5.80. The lowest BCUT2D eigenvalue weighted by molar-refractivity contribution is -0.131. The molecular weight excluding hydrogens is 412 g/mol. The van der Waals surface area contributed by atoms with Gasteiger partial charge < -0.3 is 15.0 Å². The fraction of sp³-hybridized carbons (Fsp3) is 0.450. The van der Waals surface area contributed by atoms with Crippen molar-refractivity contribution >= 4 is 46.3 Å². The summed E-state index contributed by atoms with van der Waals surface area (Å²) in [5, 5.41) is 5.02. The number of halogens is 1. The summed E-state index contributed by atoms with van der Waals surface area (Å²) in [6.45, 7) is 7.97. The number of hydrogen-bond donors (Lipinski definition) is 1. The Morgan fingerprint density at radius 1 is 1.17 bits per heavy atom. The molecule has 1 aliphatic rings. The Hall–Kier alpha value is -2.03. The van der Waals surface area contributed by atoms with Crippen molar-refractivity contribution in [1.82, 2.24) is 19.5 Å². The number of amides is 2. The predicted octanol–water partition coefficient (Wildman–Crippen LogP) is 3.56. The predicted molar refractivity (Wildman–Crippen MR) is 115 cm³/mol. The Kier molecular flexibility index (Phi) is 6.87. The molecule has 0 saturated carbocycles. The Balaban J connectivity index is 1.50. The second-order valence-electron chi connectivity index (χ2n) is 7.71. The highest BCUT2D eigenvalue weighted by Crippen LogP contribution is 2.32. The first-order valence-electron chi connectivity index (χ1n) is 9.44. The standard InChI is InChI=1S/C20H25ClN4O3S/c1-20(2,3)28-19(27)23-13-17(26)24-9-11-25(12-10-24)29-16-6-4-5-15-14(16)7-8-22-18(15)21/h4-8H,9-13H2,1-3H3,(H,23,27). The van der Waals surface area contributed by atoms with Crippen LogP contribution >= 0.6 is 23.5 Å². The molecule has 0 atom stereocenters. The molecule has 9 heteroatoms. The monoisotopic (exact) mass is 436 g/mol. The molecule has 0 bridgehead atoms. The van der Waals surface area contributed by atoms with Gasteiger partial charge in [-0.05, 0) is 44.9 Å². The molecule has 2 amide bonds. The Morgan fingerprint density at radius 3 is 2.59 bits per heavy atom. The van der Waals surface area contributed by atoms with Gasteiger partial charge in [0.25, 0.3) is 0 Å². The van der Waals surface area contributed by atoms with E-state index >= 15 is 0 Å². The number of carbonyl (C=O) groups is 2. The summed E-state index contributed by atoms with van der Waals surface area (Å²) in [7, 11) is 0. The van der Waals surface area contributed by atoms with Gasteiger partial charge in [0.2, 0.25) is 5.91 Å². The number of fused-ring (bicyclic) bond motifs is 1. The lowest BCUT2D eigenvalue weighted by Gasteiger charge is -2.34. The molecule has 1 saturated heterocycles. The first-order valence-corrected chi connectivity index (χ1v) is 10.6. The topological polar surface area (TPSA) is 74.8 Å². The van der Waals surface area contributed by atoms with Gasteiger partial charge in [-0.15, -0.1) is 0 Å². The van der Waals surface area contributed by atoms with E-state index in [1.165, 1.54) is 0 Å². The fourth-order valence-electron chi connectivity index (χ4n) is 2.96. The zero-order valence-corrected chi connectivity index (χ0v) is 18.3. The largest absolute Gasteiger partial charge is 0.444 e. The molecule has 1 aromatic heterocycles. The molecule has 0 spiro atoms. The minimum atomic E-state index is -0.585. The normalized spacial score (nSPS) is 15.4. The number of nitrogens with one attached hydrogen (secondary N) is 1. The molecule has 0 aliphatic carbocycles. The Bertz CT molecular complexity index is 895. The third-order valence-electron chi connectivity index (χ3n) is 4.32. The lowest BCUT2D eigenvalue weighted by atomic mass is 10.2. The average Bonchev–Trinajstić information content (AvgIpc) is 2.66. The van der Waals surface area contributed by atoms with Gasteiger partial charge >= 0.3 is 6.09 Å². The van der Waals surface area contributed by atoms with Gasteiger partial charge in [0, 0.05) is 48.0 Å². The van der Waals surface area contributed by atoms with Crippen molar-refractivity contribution in [2.24, 2.45) is 0 Å². The van der Waals surface area contributed by atoms with Crippen LogP contribution < -0.4 is 5.32 Å². The molecule has 3 rings (SSSR count). The van der Waals surface area contributed by atoms with Gasteiger partial charge in [0.1, 0.15) is 17.3 Å². The van der Waals surface area contributed by atoms with Gasteiger partial charge in [-0.25, -0.2) is 14.1 Å². The van der Waals surface area contributed by atoms with Crippen LogP contribution in [0, 0.1) is 0 Å². The number of alkyl carbamates (subject to hydrolysis) is 1. The van der Waals surface area contributed by atoms with Gasteiger partial charge in [-0.3, -0.25) is 4.79 Å². The molecular formula is C20H25ClN4O3S. The number of nitrogens with zero attached hydrogens (tertiary/aromatic N) is 3. The van der Waals surface area contributed by atoms with Crippen LogP contribution in [0.4, 0.5) is 4.79 Å². The lowest BCUT2D eigenvalue weighted by Crippen LogP contribution is -2.49. The Labute approximate surface area is 179 Å². The quantitative estimate of drug-likeness (QED) is 0.583. The minimum Gasteiger partial charge on any atom is -0.444 e. The summed E-state index contributed by atoms with van der Waals surface area (Å²) in [5.74, 6) is -0.108. The first-order chi connectivity index (χ1) is 13.7. The van der Waals surface area contributed by atoms with Crippen molar-refractivity contribution in [2.75, 3.05) is 32.7 Å². The van der Waals surface area contributed by atoms with Gasteiger partial charge in [-0.1, -0.05) is 23.7 Å². The highest BCUT2D eigenvalue weighted by molar-refractivity contribution is 7.97. The maximum Gasteiger partial charge on any atom is 0.408 e. The van der Waals surface area contributed by atoms with Crippen molar-refractivity contribution in [3.05, 3.63) is 35.6 Å². The van der Waals surface area contributed by atoms with E-state index in [1.807, 2.05) is 18.2 Å². The van der Waals surface area contributed by atoms with Crippen molar-refractivity contribution in [1.29, 1.82) is 0 Å². The van der Waals surface area contributed by atoms with E-state index in [4.69, 9.17) is 16.3 Å². The van der Waals surface area contributed by atoms with E-state index in [0.717, 1.165) is 28.8 Å². The summed E-state index contributed by atoms with van der Waals surface area (Å²) in [4.78, 5) is 31.1. The number of aromatic nitrogens is 1. The van der Waals surface area contributed by atoms with E-state index < -0.39 is 11.7 Å². The summed E-state index contributed by atoms with van der Waals surface area (Å²) in [6, 6.07) is 7.96. The molecule has 1 fully saturated rings. The number of ether oxygens (including phenoxy) is 1. The van der Waals surface area contributed by atoms with E-state index in [1.54, 1.807) is 43.8 Å². The van der Waals surface area contributed by atoms with Crippen molar-refractivity contribution < 1.29 is 14.3 Å². The van der Waals surface area contributed by atoms with Gasteiger partial charge in [-0.2, -0.15) is 0 Å². The summed E-state index contributed by atoms with van der Waals surface area (Å²) in [6.07, 6.45) is 1.13. The maximum atomic E-state index is 12.4. The third kappa shape index (κ3) is 5.98. The number of piperazine rings is 1. The SMILES string of the molecule is CC(C)(C)OC(=O)NCC(=O)N1CCN(Sc2cccc3c(Cl)nccc23)CC1. The molecule has 0 unspecified atom stereocenters. The maximum absolute atomic E-state index is 12.4. The zero-order valence-electron chi connectivity index (χ0n) is 16.8. The van der Waals surface area contributed by atoms with Crippen molar-refractivity contribution in [2.45, 2.75) is 31.3 Å². The zero-order chi connectivity index (χ0) is 21.0. The number of hydrogen-bond acceptors (Lipinski definition) is 6. The number of pyridine rings is 1. The van der Waals surface area contributed by atoms with Crippen LogP contribution in [0.15, 0.2) is 35.4 Å². The molecule has 29 heavy (non-hydrogen) atoms. The summed E-state index contributed by atoms with van der Waals surface area (Å²) >= 11 is 7.86. The fourth-order valence-corrected chi connectivity index (χ4v) is 4.22. The molecule has 1 aromatic carbocycles. The van der Waals surface area contributed by atoms with Crippen molar-refractivity contribution in [3.8, 4) is 0 Å². The van der Waals surface area contributed by atoms with E-state index in [2.05, 4.69) is 20.7 Å². The molecule has 7 nitrogen and oxygen atoms in total. The summed E-state index contributed by atoms with van der Waals surface area (Å²) < 4.78 is 7.39. The molecule has 0 radical (unpaired) electrons. The van der Waals surface area contributed by atoms with Crippen LogP contribution in [-0.4, -0.2) is 64.5 Å².